The van der Waals surface area contributed by atoms with Crippen LogP contribution in [0.15, 0.2) is 30.3 Å². The zero-order valence-corrected chi connectivity index (χ0v) is 12.6. The SMILES string of the molecule is CC(C)(CC(=O)NC1CCC(N)CC1)c1ccccc1. The van der Waals surface area contributed by atoms with Gasteiger partial charge in [-0.3, -0.25) is 4.79 Å². The number of nitrogens with two attached hydrogens (primary N) is 1. The van der Waals surface area contributed by atoms with Gasteiger partial charge in [-0.1, -0.05) is 44.2 Å². The van der Waals surface area contributed by atoms with Gasteiger partial charge in [-0.05, 0) is 36.7 Å². The molecule has 1 aliphatic carbocycles. The minimum Gasteiger partial charge on any atom is -0.353 e. The van der Waals surface area contributed by atoms with E-state index in [1.165, 1.54) is 5.56 Å². The molecule has 1 amide bonds. The molecule has 2 rings (SSSR count). The maximum Gasteiger partial charge on any atom is 0.221 e. The second-order valence-corrected chi connectivity index (χ2v) is 6.61. The van der Waals surface area contributed by atoms with Crippen LogP contribution in [0.3, 0.4) is 0 Å². The van der Waals surface area contributed by atoms with Crippen LogP contribution in [0.1, 0.15) is 51.5 Å². The summed E-state index contributed by atoms with van der Waals surface area (Å²) in [5.41, 5.74) is 6.97. The lowest BCUT2D eigenvalue weighted by molar-refractivity contribution is -0.123. The molecular formula is C17H26N2O. The Hall–Kier alpha value is -1.35. The number of rotatable bonds is 4. The molecule has 0 aromatic heterocycles. The highest BCUT2D eigenvalue weighted by Gasteiger charge is 2.26. The third-order valence-electron chi connectivity index (χ3n) is 4.29. The van der Waals surface area contributed by atoms with Crippen LogP contribution in [0.5, 0.6) is 0 Å². The highest BCUT2D eigenvalue weighted by atomic mass is 16.1. The minimum atomic E-state index is -0.129. The Morgan fingerprint density at radius 1 is 1.20 bits per heavy atom. The first-order valence-corrected chi connectivity index (χ1v) is 7.58. The van der Waals surface area contributed by atoms with Crippen LogP contribution in [-0.2, 0) is 10.2 Å². The van der Waals surface area contributed by atoms with Gasteiger partial charge in [0.1, 0.15) is 0 Å². The summed E-state index contributed by atoms with van der Waals surface area (Å²) < 4.78 is 0. The summed E-state index contributed by atoms with van der Waals surface area (Å²) >= 11 is 0. The lowest BCUT2D eigenvalue weighted by Gasteiger charge is -2.29. The van der Waals surface area contributed by atoms with E-state index in [0.717, 1.165) is 25.7 Å². The normalized spacial score (nSPS) is 23.4. The van der Waals surface area contributed by atoms with E-state index < -0.39 is 0 Å². The summed E-state index contributed by atoms with van der Waals surface area (Å²) in [4.78, 5) is 12.2. The van der Waals surface area contributed by atoms with Crippen molar-refractivity contribution in [1.29, 1.82) is 0 Å². The lowest BCUT2D eigenvalue weighted by Crippen LogP contribution is -2.42. The van der Waals surface area contributed by atoms with Crippen molar-refractivity contribution in [2.75, 3.05) is 0 Å². The monoisotopic (exact) mass is 274 g/mol. The van der Waals surface area contributed by atoms with Gasteiger partial charge in [0.25, 0.3) is 0 Å². The van der Waals surface area contributed by atoms with Gasteiger partial charge in [0, 0.05) is 18.5 Å². The zero-order valence-electron chi connectivity index (χ0n) is 12.6. The quantitative estimate of drug-likeness (QED) is 0.887. The molecule has 1 fully saturated rings. The summed E-state index contributed by atoms with van der Waals surface area (Å²) in [6, 6.07) is 10.9. The average Bonchev–Trinajstić information content (AvgIpc) is 2.42. The van der Waals surface area contributed by atoms with Gasteiger partial charge in [0.2, 0.25) is 5.91 Å². The van der Waals surface area contributed by atoms with E-state index >= 15 is 0 Å². The number of carbonyl (C=O) groups is 1. The smallest absolute Gasteiger partial charge is 0.221 e. The maximum atomic E-state index is 12.2. The maximum absolute atomic E-state index is 12.2. The number of hydrogen-bond acceptors (Lipinski definition) is 2. The Kier molecular flexibility index (Phi) is 4.81. The highest BCUT2D eigenvalue weighted by molar-refractivity contribution is 5.77. The van der Waals surface area contributed by atoms with Crippen LogP contribution in [0.2, 0.25) is 0 Å². The predicted octanol–water partition coefficient (Wildman–Crippen LogP) is 2.74. The van der Waals surface area contributed by atoms with Crippen LogP contribution in [0, 0.1) is 0 Å². The molecule has 1 saturated carbocycles. The molecule has 3 heteroatoms. The molecule has 0 spiro atoms. The molecule has 1 aromatic carbocycles. The molecule has 0 bridgehead atoms. The number of hydrogen-bond donors (Lipinski definition) is 2. The van der Waals surface area contributed by atoms with Gasteiger partial charge in [-0.2, -0.15) is 0 Å². The number of amides is 1. The standard InChI is InChI=1S/C17H26N2O/c1-17(2,13-6-4-3-5-7-13)12-16(20)19-15-10-8-14(18)9-11-15/h3-7,14-15H,8-12,18H2,1-2H3,(H,19,20). The number of carbonyl (C=O) groups excluding carboxylic acids is 1. The molecule has 1 aromatic rings. The molecule has 0 unspecified atom stereocenters. The van der Waals surface area contributed by atoms with Crippen LogP contribution in [0.4, 0.5) is 0 Å². The van der Waals surface area contributed by atoms with Gasteiger partial charge >= 0.3 is 0 Å². The largest absolute Gasteiger partial charge is 0.353 e. The fourth-order valence-electron chi connectivity index (χ4n) is 2.94. The van der Waals surface area contributed by atoms with Crippen molar-refractivity contribution in [2.24, 2.45) is 5.73 Å². The molecule has 3 nitrogen and oxygen atoms in total. The number of nitrogens with one attached hydrogen (secondary N) is 1. The topological polar surface area (TPSA) is 55.1 Å². The summed E-state index contributed by atoms with van der Waals surface area (Å²) in [5, 5.41) is 3.17. The summed E-state index contributed by atoms with van der Waals surface area (Å²) in [6.07, 6.45) is 4.59. The Morgan fingerprint density at radius 3 is 2.40 bits per heavy atom. The molecule has 1 aliphatic rings. The van der Waals surface area contributed by atoms with E-state index in [4.69, 9.17) is 5.73 Å². The van der Waals surface area contributed by atoms with Crippen molar-refractivity contribution in [3.05, 3.63) is 35.9 Å². The first-order chi connectivity index (χ1) is 9.47. The Labute approximate surface area is 121 Å². The number of benzene rings is 1. The molecule has 0 heterocycles. The van der Waals surface area contributed by atoms with Crippen LogP contribution >= 0.6 is 0 Å². The molecule has 0 saturated heterocycles. The zero-order chi connectivity index (χ0) is 14.6. The first-order valence-electron chi connectivity index (χ1n) is 7.58. The molecule has 0 atom stereocenters. The van der Waals surface area contributed by atoms with Crippen molar-refractivity contribution >= 4 is 5.91 Å². The molecule has 0 aliphatic heterocycles. The Bertz CT molecular complexity index is 434. The third-order valence-corrected chi connectivity index (χ3v) is 4.29. The Balaban J connectivity index is 1.88. The van der Waals surface area contributed by atoms with E-state index in [9.17, 15) is 4.79 Å². The Morgan fingerprint density at radius 2 is 1.80 bits per heavy atom. The fraction of sp³-hybridized carbons (Fsp3) is 0.588. The lowest BCUT2D eigenvalue weighted by atomic mass is 9.81. The van der Waals surface area contributed by atoms with E-state index in [1.807, 2.05) is 18.2 Å². The second kappa shape index (κ2) is 6.40. The van der Waals surface area contributed by atoms with E-state index in [2.05, 4.69) is 31.3 Å². The van der Waals surface area contributed by atoms with Gasteiger partial charge in [0.05, 0.1) is 0 Å². The summed E-state index contributed by atoms with van der Waals surface area (Å²) in [7, 11) is 0. The van der Waals surface area contributed by atoms with Gasteiger partial charge in [0.15, 0.2) is 0 Å². The van der Waals surface area contributed by atoms with Crippen LogP contribution in [-0.4, -0.2) is 18.0 Å². The minimum absolute atomic E-state index is 0.129. The molecule has 20 heavy (non-hydrogen) atoms. The van der Waals surface area contributed by atoms with Crippen molar-refractivity contribution in [3.63, 3.8) is 0 Å². The molecule has 110 valence electrons. The van der Waals surface area contributed by atoms with E-state index in [-0.39, 0.29) is 11.3 Å². The summed E-state index contributed by atoms with van der Waals surface area (Å²) in [5.74, 6) is 0.152. The third kappa shape index (κ3) is 4.07. The average molecular weight is 274 g/mol. The predicted molar refractivity (Wildman–Crippen MR) is 82.5 cm³/mol. The van der Waals surface area contributed by atoms with Crippen molar-refractivity contribution in [3.8, 4) is 0 Å². The summed E-state index contributed by atoms with van der Waals surface area (Å²) in [6.45, 7) is 4.25. The van der Waals surface area contributed by atoms with Crippen molar-refractivity contribution < 1.29 is 4.79 Å². The first kappa shape index (κ1) is 15.0. The highest BCUT2D eigenvalue weighted by Crippen LogP contribution is 2.27. The second-order valence-electron chi connectivity index (χ2n) is 6.61. The van der Waals surface area contributed by atoms with Gasteiger partial charge < -0.3 is 11.1 Å². The van der Waals surface area contributed by atoms with Gasteiger partial charge in [-0.15, -0.1) is 0 Å². The molecule has 3 N–H and O–H groups in total. The molecular weight excluding hydrogens is 248 g/mol. The van der Waals surface area contributed by atoms with Crippen molar-refractivity contribution in [2.45, 2.75) is 63.5 Å². The molecule has 0 radical (unpaired) electrons. The fourth-order valence-corrected chi connectivity index (χ4v) is 2.94. The van der Waals surface area contributed by atoms with Gasteiger partial charge in [-0.25, -0.2) is 0 Å². The van der Waals surface area contributed by atoms with Crippen LogP contribution in [0.25, 0.3) is 0 Å². The van der Waals surface area contributed by atoms with Crippen molar-refractivity contribution in [1.82, 2.24) is 5.32 Å². The van der Waals surface area contributed by atoms with Crippen LogP contribution < -0.4 is 11.1 Å². The van der Waals surface area contributed by atoms with E-state index in [0.29, 0.717) is 18.5 Å². The van der Waals surface area contributed by atoms with E-state index in [1.54, 1.807) is 0 Å².